The number of nitrogens with one attached hydrogen (secondary N) is 1. The fraction of sp³-hybridized carbons (Fsp3) is 0.625. The molecule has 1 rings (SSSR count). The maximum Gasteiger partial charge on any atom is 0.333 e. The molecule has 1 N–H and O–H groups in total. The van der Waals surface area contributed by atoms with Crippen LogP contribution in [0.3, 0.4) is 0 Å². The van der Waals surface area contributed by atoms with Crippen LogP contribution >= 0.6 is 0 Å². The van der Waals surface area contributed by atoms with Gasteiger partial charge in [0.05, 0.1) is 0 Å². The molecule has 14 heavy (non-hydrogen) atoms. The fourth-order valence-electron chi connectivity index (χ4n) is 1.22. The molecule has 0 radical (unpaired) electrons. The molecule has 1 aliphatic heterocycles. The van der Waals surface area contributed by atoms with E-state index in [0.717, 1.165) is 9.80 Å². The van der Waals surface area contributed by atoms with Gasteiger partial charge in [-0.2, -0.15) is 0 Å². The predicted octanol–water partition coefficient (Wildman–Crippen LogP) is -0.983. The second-order valence-corrected chi connectivity index (χ2v) is 3.06. The van der Waals surface area contributed by atoms with Crippen molar-refractivity contribution < 1.29 is 14.4 Å². The van der Waals surface area contributed by atoms with E-state index in [1.807, 2.05) is 0 Å². The molecule has 0 aliphatic carbocycles. The first-order valence-corrected chi connectivity index (χ1v) is 4.37. The summed E-state index contributed by atoms with van der Waals surface area (Å²) in [6.45, 7) is 0.990. The Labute approximate surface area is 81.8 Å². The van der Waals surface area contributed by atoms with E-state index < -0.39 is 17.8 Å². The third-order valence-electron chi connectivity index (χ3n) is 2.06. The van der Waals surface area contributed by atoms with E-state index in [0.29, 0.717) is 13.0 Å². The lowest BCUT2D eigenvalue weighted by atomic mass is 10.4. The molecule has 1 fully saturated rings. The van der Waals surface area contributed by atoms with Crippen molar-refractivity contribution in [3.63, 3.8) is 0 Å². The fourth-order valence-corrected chi connectivity index (χ4v) is 1.22. The Kier molecular flexibility index (Phi) is 3.19. The van der Waals surface area contributed by atoms with Crippen molar-refractivity contribution in [1.29, 1.82) is 0 Å². The summed E-state index contributed by atoms with van der Waals surface area (Å²) in [6.07, 6.45) is 0.648. The Hall–Kier alpha value is -1.43. The van der Waals surface area contributed by atoms with Crippen molar-refractivity contribution in [1.82, 2.24) is 15.1 Å². The molecule has 78 valence electrons. The zero-order chi connectivity index (χ0) is 10.7. The number of imide groups is 2. The van der Waals surface area contributed by atoms with Gasteiger partial charge in [-0.1, -0.05) is 0 Å². The number of amides is 4. The third-order valence-corrected chi connectivity index (χ3v) is 2.06. The molecule has 6 nitrogen and oxygen atoms in total. The summed E-state index contributed by atoms with van der Waals surface area (Å²) < 4.78 is 0. The number of urea groups is 1. The average molecular weight is 199 g/mol. The molecule has 1 heterocycles. The molecule has 4 amide bonds. The molecule has 0 saturated carbocycles. The smallest absolute Gasteiger partial charge is 0.320 e. The summed E-state index contributed by atoms with van der Waals surface area (Å²) in [5.41, 5.74) is 0. The summed E-state index contributed by atoms with van der Waals surface area (Å²) in [7, 11) is 3.09. The van der Waals surface area contributed by atoms with Crippen LogP contribution in [-0.2, 0) is 9.59 Å². The van der Waals surface area contributed by atoms with Crippen molar-refractivity contribution in [3.05, 3.63) is 0 Å². The molecule has 0 bridgehead atoms. The molecule has 0 aromatic rings. The molecule has 0 spiro atoms. The second-order valence-electron chi connectivity index (χ2n) is 3.06. The Morgan fingerprint density at radius 3 is 2.29 bits per heavy atom. The Morgan fingerprint density at radius 2 is 1.86 bits per heavy atom. The molecular formula is C8H13N3O3. The highest BCUT2D eigenvalue weighted by atomic mass is 16.2. The van der Waals surface area contributed by atoms with Crippen molar-refractivity contribution in [2.45, 2.75) is 6.42 Å². The lowest BCUT2D eigenvalue weighted by Gasteiger charge is -2.11. The van der Waals surface area contributed by atoms with Crippen LogP contribution in [0.1, 0.15) is 6.42 Å². The standard InChI is InChI=1S/C8H13N3O3/c1-9-4-3-5-11-7(13)6(12)10(2)8(11)14/h9H,3-5H2,1-2H3. The Morgan fingerprint density at radius 1 is 1.21 bits per heavy atom. The van der Waals surface area contributed by atoms with E-state index in [-0.39, 0.29) is 6.54 Å². The van der Waals surface area contributed by atoms with Crippen LogP contribution in [0.2, 0.25) is 0 Å². The quantitative estimate of drug-likeness (QED) is 0.359. The number of hydrogen-bond donors (Lipinski definition) is 1. The van der Waals surface area contributed by atoms with Crippen molar-refractivity contribution in [3.8, 4) is 0 Å². The van der Waals surface area contributed by atoms with Crippen LogP contribution in [0, 0.1) is 0 Å². The van der Waals surface area contributed by atoms with Crippen LogP contribution in [0.4, 0.5) is 4.79 Å². The zero-order valence-corrected chi connectivity index (χ0v) is 8.24. The van der Waals surface area contributed by atoms with Crippen molar-refractivity contribution >= 4 is 17.8 Å². The molecular weight excluding hydrogens is 186 g/mol. The minimum Gasteiger partial charge on any atom is -0.320 e. The lowest BCUT2D eigenvalue weighted by Crippen LogP contribution is -2.33. The summed E-state index contributed by atoms with van der Waals surface area (Å²) >= 11 is 0. The van der Waals surface area contributed by atoms with Crippen molar-refractivity contribution in [2.24, 2.45) is 0 Å². The van der Waals surface area contributed by atoms with Crippen LogP contribution in [0.25, 0.3) is 0 Å². The number of hydrogen-bond acceptors (Lipinski definition) is 4. The number of rotatable bonds is 4. The van der Waals surface area contributed by atoms with Gasteiger partial charge in [0, 0.05) is 13.6 Å². The molecule has 1 saturated heterocycles. The second kappa shape index (κ2) is 4.19. The SMILES string of the molecule is CNCCCN1C(=O)C(=O)N(C)C1=O. The van der Waals surface area contributed by atoms with E-state index in [1.54, 1.807) is 7.05 Å². The molecule has 0 unspecified atom stereocenters. The first-order chi connectivity index (χ1) is 6.59. The maximum atomic E-state index is 11.3. The van der Waals surface area contributed by atoms with Crippen LogP contribution < -0.4 is 5.32 Å². The van der Waals surface area contributed by atoms with Gasteiger partial charge in [-0.25, -0.2) is 4.79 Å². The van der Waals surface area contributed by atoms with Gasteiger partial charge in [-0.15, -0.1) is 0 Å². The van der Waals surface area contributed by atoms with E-state index >= 15 is 0 Å². The van der Waals surface area contributed by atoms with Crippen LogP contribution in [0.15, 0.2) is 0 Å². The third kappa shape index (κ3) is 1.74. The monoisotopic (exact) mass is 199 g/mol. The van der Waals surface area contributed by atoms with E-state index in [1.165, 1.54) is 7.05 Å². The first kappa shape index (κ1) is 10.6. The van der Waals surface area contributed by atoms with Gasteiger partial charge in [0.2, 0.25) is 0 Å². The molecule has 0 aromatic heterocycles. The maximum absolute atomic E-state index is 11.3. The van der Waals surface area contributed by atoms with Crippen LogP contribution in [0.5, 0.6) is 0 Å². The van der Waals surface area contributed by atoms with Gasteiger partial charge in [-0.3, -0.25) is 19.4 Å². The van der Waals surface area contributed by atoms with Gasteiger partial charge in [0.15, 0.2) is 0 Å². The topological polar surface area (TPSA) is 69.7 Å². The Bertz CT molecular complexity index is 277. The number of nitrogens with zero attached hydrogens (tertiary/aromatic N) is 2. The lowest BCUT2D eigenvalue weighted by molar-refractivity contribution is -0.142. The zero-order valence-electron chi connectivity index (χ0n) is 8.24. The highest BCUT2D eigenvalue weighted by molar-refractivity contribution is 6.44. The highest BCUT2D eigenvalue weighted by Gasteiger charge is 2.41. The van der Waals surface area contributed by atoms with Crippen molar-refractivity contribution in [2.75, 3.05) is 27.2 Å². The van der Waals surface area contributed by atoms with E-state index in [2.05, 4.69) is 5.32 Å². The normalized spacial score (nSPS) is 17.1. The van der Waals surface area contributed by atoms with Gasteiger partial charge in [0.1, 0.15) is 0 Å². The average Bonchev–Trinajstić information content (AvgIpc) is 2.35. The number of carbonyl (C=O) groups excluding carboxylic acids is 3. The number of likely N-dealkylation sites (N-methyl/N-ethyl adjacent to an activating group) is 1. The minimum atomic E-state index is -0.751. The summed E-state index contributed by atoms with van der Waals surface area (Å²) in [5, 5.41) is 2.90. The van der Waals surface area contributed by atoms with E-state index in [9.17, 15) is 14.4 Å². The van der Waals surface area contributed by atoms with Crippen LogP contribution in [-0.4, -0.2) is 54.8 Å². The largest absolute Gasteiger partial charge is 0.333 e. The molecule has 0 atom stereocenters. The van der Waals surface area contributed by atoms with Gasteiger partial charge in [0.25, 0.3) is 0 Å². The Balaban J connectivity index is 2.57. The summed E-state index contributed by atoms with van der Waals surface area (Å²) in [5.74, 6) is -1.48. The van der Waals surface area contributed by atoms with Gasteiger partial charge in [-0.05, 0) is 20.0 Å². The summed E-state index contributed by atoms with van der Waals surface area (Å²) in [6, 6.07) is -0.531. The highest BCUT2D eigenvalue weighted by Crippen LogP contribution is 2.09. The number of carbonyl (C=O) groups is 3. The van der Waals surface area contributed by atoms with Gasteiger partial charge >= 0.3 is 17.8 Å². The van der Waals surface area contributed by atoms with E-state index in [4.69, 9.17) is 0 Å². The van der Waals surface area contributed by atoms with Gasteiger partial charge < -0.3 is 5.32 Å². The first-order valence-electron chi connectivity index (χ1n) is 4.37. The minimum absolute atomic E-state index is 0.286. The molecule has 6 heteroatoms. The molecule has 1 aliphatic rings. The predicted molar refractivity (Wildman–Crippen MR) is 48.4 cm³/mol. The summed E-state index contributed by atoms with van der Waals surface area (Å²) in [4.78, 5) is 35.4. The molecule has 0 aromatic carbocycles.